The molecule has 0 saturated heterocycles. The second-order valence-corrected chi connectivity index (χ2v) is 7.70. The molecule has 0 bridgehead atoms. The first kappa shape index (κ1) is 16.5. The zero-order valence-corrected chi connectivity index (χ0v) is 15.3. The fourth-order valence-corrected chi connectivity index (χ4v) is 4.15. The highest BCUT2D eigenvalue weighted by molar-refractivity contribution is 9.11. The van der Waals surface area contributed by atoms with Crippen molar-refractivity contribution < 1.29 is 8.42 Å². The Morgan fingerprint density at radius 1 is 1.33 bits per heavy atom. The lowest BCUT2D eigenvalue weighted by molar-refractivity contribution is 0.601. The van der Waals surface area contributed by atoms with E-state index in [9.17, 15) is 8.42 Å². The number of halogens is 3. The van der Waals surface area contributed by atoms with Crippen molar-refractivity contribution in [2.45, 2.75) is 11.8 Å². The van der Waals surface area contributed by atoms with Crippen LogP contribution < -0.4 is 10.5 Å². The number of nitrogens with one attached hydrogen (secondary N) is 1. The average molecular weight is 457 g/mol. The Kier molecular flexibility index (Phi) is 4.76. The van der Waals surface area contributed by atoms with E-state index in [1.54, 1.807) is 6.92 Å². The van der Waals surface area contributed by atoms with Gasteiger partial charge in [0.2, 0.25) is 0 Å². The number of hydrogen-bond donors (Lipinski definition) is 2. The number of nitrogens with two attached hydrogens (primary N) is 1. The molecule has 0 fully saturated rings. The summed E-state index contributed by atoms with van der Waals surface area (Å²) in [6.07, 6.45) is 1.37. The molecular weight excluding hydrogens is 447 g/mol. The number of hydrogen-bond acceptors (Lipinski definition) is 5. The van der Waals surface area contributed by atoms with Crippen molar-refractivity contribution >= 4 is 65.0 Å². The van der Waals surface area contributed by atoms with E-state index in [4.69, 9.17) is 17.3 Å². The molecule has 0 amide bonds. The summed E-state index contributed by atoms with van der Waals surface area (Å²) < 4.78 is 27.8. The number of benzene rings is 1. The maximum atomic E-state index is 12.4. The third kappa shape index (κ3) is 3.65. The van der Waals surface area contributed by atoms with Gasteiger partial charge in [0.05, 0.1) is 11.2 Å². The summed E-state index contributed by atoms with van der Waals surface area (Å²) in [6, 6.07) is 2.80. The number of aromatic nitrogens is 2. The normalized spacial score (nSPS) is 11.4. The zero-order valence-electron chi connectivity index (χ0n) is 10.6. The topological polar surface area (TPSA) is 98.0 Å². The maximum Gasteiger partial charge on any atom is 0.264 e. The number of anilines is 2. The summed E-state index contributed by atoms with van der Waals surface area (Å²) in [6.45, 7) is 1.74. The summed E-state index contributed by atoms with van der Waals surface area (Å²) in [5.74, 6) is 0.0495. The van der Waals surface area contributed by atoms with E-state index in [1.165, 1.54) is 18.3 Å². The Morgan fingerprint density at radius 3 is 2.62 bits per heavy atom. The highest BCUT2D eigenvalue weighted by Crippen LogP contribution is 2.29. The van der Waals surface area contributed by atoms with Gasteiger partial charge in [0.15, 0.2) is 10.4 Å². The third-order valence-corrected chi connectivity index (χ3v) is 5.28. The molecule has 0 aliphatic carbocycles. The van der Waals surface area contributed by atoms with Gasteiger partial charge in [-0.25, -0.2) is 18.4 Å². The average Bonchev–Trinajstić information content (AvgIpc) is 2.37. The van der Waals surface area contributed by atoms with Gasteiger partial charge in [-0.15, -0.1) is 0 Å². The van der Waals surface area contributed by atoms with Crippen LogP contribution in [-0.2, 0) is 10.0 Å². The Labute approximate surface area is 143 Å². The van der Waals surface area contributed by atoms with Crippen LogP contribution in [0.15, 0.2) is 32.4 Å². The Balaban J connectivity index is 2.46. The highest BCUT2D eigenvalue weighted by atomic mass is 79.9. The van der Waals surface area contributed by atoms with Crippen molar-refractivity contribution in [3.05, 3.63) is 38.1 Å². The molecule has 0 spiro atoms. The minimum Gasteiger partial charge on any atom is -0.398 e. The minimum absolute atomic E-state index is 0.0495. The lowest BCUT2D eigenvalue weighted by Gasteiger charge is -2.11. The van der Waals surface area contributed by atoms with Gasteiger partial charge < -0.3 is 5.73 Å². The molecule has 21 heavy (non-hydrogen) atoms. The second-order valence-electron chi connectivity index (χ2n) is 4.08. The fourth-order valence-electron chi connectivity index (χ4n) is 1.47. The van der Waals surface area contributed by atoms with Crippen molar-refractivity contribution in [1.82, 2.24) is 9.97 Å². The van der Waals surface area contributed by atoms with E-state index < -0.39 is 10.0 Å². The van der Waals surface area contributed by atoms with Crippen LogP contribution >= 0.6 is 43.5 Å². The molecule has 112 valence electrons. The molecule has 0 unspecified atom stereocenters. The number of nitrogens with zero attached hydrogens (tertiary/aromatic N) is 2. The molecule has 0 radical (unpaired) electrons. The van der Waals surface area contributed by atoms with Gasteiger partial charge in [-0.1, -0.05) is 11.6 Å². The van der Waals surface area contributed by atoms with E-state index in [1.807, 2.05) is 0 Å². The predicted octanol–water partition coefficient (Wildman–Crippen LogP) is 3.35. The molecular formula is C11H9Br2ClN4O2S. The summed E-state index contributed by atoms with van der Waals surface area (Å²) in [7, 11) is -3.93. The molecule has 6 nitrogen and oxygen atoms in total. The maximum absolute atomic E-state index is 12.4. The Hall–Kier alpha value is -0.900. The van der Waals surface area contributed by atoms with Crippen molar-refractivity contribution in [3.63, 3.8) is 0 Å². The molecule has 1 aromatic carbocycles. The van der Waals surface area contributed by atoms with Crippen LogP contribution in [0.2, 0.25) is 5.02 Å². The van der Waals surface area contributed by atoms with Crippen LogP contribution in [0.1, 0.15) is 5.56 Å². The largest absolute Gasteiger partial charge is 0.398 e. The summed E-state index contributed by atoms with van der Waals surface area (Å²) in [4.78, 5) is 7.81. The molecule has 0 aliphatic heterocycles. The van der Waals surface area contributed by atoms with Gasteiger partial charge in [0.25, 0.3) is 10.0 Å². The Morgan fingerprint density at radius 2 is 2.00 bits per heavy atom. The van der Waals surface area contributed by atoms with Crippen molar-refractivity contribution in [1.29, 1.82) is 0 Å². The van der Waals surface area contributed by atoms with Gasteiger partial charge in [0, 0.05) is 5.69 Å². The molecule has 1 aromatic heterocycles. The summed E-state index contributed by atoms with van der Waals surface area (Å²) in [5, 5.41) is 0.0791. The van der Waals surface area contributed by atoms with Crippen LogP contribution in [0.25, 0.3) is 0 Å². The van der Waals surface area contributed by atoms with E-state index in [2.05, 4.69) is 46.5 Å². The molecule has 3 N–H and O–H groups in total. The fraction of sp³-hybridized carbons (Fsp3) is 0.0909. The van der Waals surface area contributed by atoms with E-state index >= 15 is 0 Å². The molecule has 2 aromatic rings. The van der Waals surface area contributed by atoms with Crippen molar-refractivity contribution in [2.24, 2.45) is 0 Å². The standard InChI is InChI=1S/C11H9Br2ClN4O2S/c1-5-2-6(14)8(3-7(5)15)21(19,20)18-11-10(13)17-9(12)4-16-11/h2-4H,15H2,1H3,(H,16,18). The molecule has 2 rings (SSSR count). The minimum atomic E-state index is -3.93. The highest BCUT2D eigenvalue weighted by Gasteiger charge is 2.21. The molecule has 10 heteroatoms. The number of nitrogen functional groups attached to an aromatic ring is 1. The van der Waals surface area contributed by atoms with Crippen LogP contribution in [-0.4, -0.2) is 18.4 Å². The summed E-state index contributed by atoms with van der Waals surface area (Å²) >= 11 is 12.2. The van der Waals surface area contributed by atoms with Gasteiger partial charge in [-0.3, -0.25) is 4.72 Å². The SMILES string of the molecule is Cc1cc(Cl)c(S(=O)(=O)Nc2ncc(Br)nc2Br)cc1N. The quantitative estimate of drug-likeness (QED) is 0.691. The zero-order chi connectivity index (χ0) is 15.8. The number of sulfonamides is 1. The van der Waals surface area contributed by atoms with Crippen LogP contribution in [0, 0.1) is 6.92 Å². The molecule has 0 atom stereocenters. The first-order valence-corrected chi connectivity index (χ1v) is 8.92. The first-order chi connectivity index (χ1) is 9.70. The van der Waals surface area contributed by atoms with E-state index in [0.29, 0.717) is 15.9 Å². The van der Waals surface area contributed by atoms with Gasteiger partial charge in [-0.2, -0.15) is 0 Å². The van der Waals surface area contributed by atoms with E-state index in [0.717, 1.165) is 0 Å². The van der Waals surface area contributed by atoms with Gasteiger partial charge in [0.1, 0.15) is 9.50 Å². The smallest absolute Gasteiger partial charge is 0.264 e. The number of rotatable bonds is 3. The van der Waals surface area contributed by atoms with Gasteiger partial charge >= 0.3 is 0 Å². The van der Waals surface area contributed by atoms with Crippen LogP contribution in [0.3, 0.4) is 0 Å². The van der Waals surface area contributed by atoms with Crippen molar-refractivity contribution in [2.75, 3.05) is 10.5 Å². The second kappa shape index (κ2) is 6.07. The van der Waals surface area contributed by atoms with E-state index in [-0.39, 0.29) is 20.3 Å². The molecule has 0 saturated carbocycles. The third-order valence-electron chi connectivity index (χ3n) is 2.54. The van der Waals surface area contributed by atoms with Crippen molar-refractivity contribution in [3.8, 4) is 0 Å². The van der Waals surface area contributed by atoms with Crippen LogP contribution in [0.4, 0.5) is 11.5 Å². The monoisotopic (exact) mass is 454 g/mol. The predicted molar refractivity (Wildman–Crippen MR) is 88.8 cm³/mol. The first-order valence-electron chi connectivity index (χ1n) is 5.47. The Bertz CT molecular complexity index is 814. The molecule has 1 heterocycles. The number of aryl methyl sites for hydroxylation is 1. The lowest BCUT2D eigenvalue weighted by atomic mass is 10.2. The van der Waals surface area contributed by atoms with Gasteiger partial charge in [-0.05, 0) is 56.5 Å². The van der Waals surface area contributed by atoms with Crippen LogP contribution in [0.5, 0.6) is 0 Å². The summed E-state index contributed by atoms with van der Waals surface area (Å²) in [5.41, 5.74) is 6.77. The molecule has 0 aliphatic rings. The lowest BCUT2D eigenvalue weighted by Crippen LogP contribution is -2.15.